The van der Waals surface area contributed by atoms with Crippen LogP contribution in [0.4, 0.5) is 24.8 Å². The zero-order valence-electron chi connectivity index (χ0n) is 29.2. The fourth-order valence-electron chi connectivity index (χ4n) is 8.86. The van der Waals surface area contributed by atoms with Crippen LogP contribution in [0.2, 0.25) is 5.02 Å². The molecule has 1 aliphatic carbocycles. The standard InChI is InChI=1S/C32H28ClF2N5O3.C7H12FN/c1-4-17-20(34)8-6-15-11-16(41)12-19(22(15)17)24-26(33)29-25-28(27(24)35)38-32(42-3)39-31(25)40(2)21(13-43-29)18-7-5-14-9-10-37-30(36)23(14)18;8-6-4-7-2-1-3-9(7)5-6/h6,8-12,18,21,41H,4-5,7,13H2,1-3H3,(H2,36,37);6-7H,1-5H2. The van der Waals surface area contributed by atoms with Crippen molar-refractivity contribution >= 4 is 44.9 Å². The number of halogens is 4. The minimum Gasteiger partial charge on any atom is -0.508 e. The molecule has 9 rings (SSSR count). The van der Waals surface area contributed by atoms with E-state index in [0.717, 1.165) is 36.9 Å². The summed E-state index contributed by atoms with van der Waals surface area (Å²) in [7, 11) is 3.28. The van der Waals surface area contributed by atoms with Gasteiger partial charge in [0.2, 0.25) is 0 Å². The molecule has 0 bridgehead atoms. The topological polar surface area (TPSA) is 110 Å². The number of aromatic nitrogens is 3. The number of aromatic hydroxyl groups is 1. The summed E-state index contributed by atoms with van der Waals surface area (Å²) in [4.78, 5) is 17.6. The van der Waals surface area contributed by atoms with Crippen LogP contribution in [0, 0.1) is 11.6 Å². The summed E-state index contributed by atoms with van der Waals surface area (Å²) in [6.45, 7) is 3.85. The Morgan fingerprint density at radius 2 is 1.96 bits per heavy atom. The van der Waals surface area contributed by atoms with Crippen LogP contribution in [0.5, 0.6) is 17.5 Å². The van der Waals surface area contributed by atoms with Gasteiger partial charge in [0.15, 0.2) is 11.6 Å². The van der Waals surface area contributed by atoms with E-state index in [-0.39, 0.29) is 57.7 Å². The Bertz CT molecular complexity index is 2210. The maximum absolute atomic E-state index is 16.9. The second kappa shape index (κ2) is 13.5. The molecule has 3 N–H and O–H groups in total. The number of aryl methyl sites for hydroxylation is 2. The predicted molar refractivity (Wildman–Crippen MR) is 197 cm³/mol. The van der Waals surface area contributed by atoms with Crippen LogP contribution < -0.4 is 20.1 Å². The van der Waals surface area contributed by atoms with Gasteiger partial charge in [0.25, 0.3) is 0 Å². The molecule has 3 aliphatic heterocycles. The molecule has 272 valence electrons. The highest BCUT2D eigenvalue weighted by molar-refractivity contribution is 6.37. The highest BCUT2D eigenvalue weighted by Crippen LogP contribution is 2.51. The SMILES string of the molecule is CCc1c(F)ccc2cc(O)cc(-c3c(Cl)c4c5c(nc(OC)nc5c3F)N(C)C(C3CCc5ccnc(N)c53)CO4)c12.FC1CC2CCCN2C1. The first-order chi connectivity index (χ1) is 25.1. The number of rotatable bonds is 4. The quantitative estimate of drug-likeness (QED) is 0.192. The Hall–Kier alpha value is -4.55. The number of phenols is 1. The smallest absolute Gasteiger partial charge is 0.318 e. The summed E-state index contributed by atoms with van der Waals surface area (Å²) in [6, 6.07) is 8.08. The number of alkyl halides is 1. The largest absolute Gasteiger partial charge is 0.508 e. The number of ether oxygens (including phenoxy) is 2. The van der Waals surface area contributed by atoms with Gasteiger partial charge in [-0.15, -0.1) is 0 Å². The molecule has 0 radical (unpaired) electrons. The lowest BCUT2D eigenvalue weighted by Crippen LogP contribution is -2.40. The molecule has 13 heteroatoms. The first kappa shape index (κ1) is 34.5. The zero-order valence-corrected chi connectivity index (χ0v) is 30.0. The van der Waals surface area contributed by atoms with Crippen molar-refractivity contribution < 1.29 is 27.8 Å². The fraction of sp³-hybridized carbons (Fsp3) is 0.410. The molecule has 4 unspecified atom stereocenters. The van der Waals surface area contributed by atoms with E-state index in [2.05, 4.69) is 19.9 Å². The van der Waals surface area contributed by atoms with E-state index >= 15 is 8.78 Å². The molecule has 2 aromatic heterocycles. The van der Waals surface area contributed by atoms with Crippen molar-refractivity contribution in [2.45, 2.75) is 69.6 Å². The summed E-state index contributed by atoms with van der Waals surface area (Å²) in [6.07, 6.45) is 6.52. The number of nitrogen functional groups attached to an aromatic ring is 1. The van der Waals surface area contributed by atoms with Crippen molar-refractivity contribution in [3.05, 3.63) is 69.9 Å². The van der Waals surface area contributed by atoms with Gasteiger partial charge in [-0.05, 0) is 96.8 Å². The predicted octanol–water partition coefficient (Wildman–Crippen LogP) is 7.76. The molecule has 0 spiro atoms. The van der Waals surface area contributed by atoms with E-state index in [9.17, 15) is 9.50 Å². The van der Waals surface area contributed by atoms with Crippen LogP contribution in [-0.4, -0.2) is 77.1 Å². The summed E-state index contributed by atoms with van der Waals surface area (Å²) in [5.41, 5.74) is 8.94. The minimum absolute atomic E-state index is 0.0275. The molecule has 4 aliphatic rings. The van der Waals surface area contributed by atoms with Gasteiger partial charge in [-0.1, -0.05) is 24.6 Å². The summed E-state index contributed by atoms with van der Waals surface area (Å²) in [5.74, 6) is -0.291. The minimum atomic E-state index is -0.765. The number of fused-ring (bicyclic) bond motifs is 3. The van der Waals surface area contributed by atoms with Crippen LogP contribution >= 0.6 is 11.6 Å². The molecule has 5 heterocycles. The number of anilines is 2. The van der Waals surface area contributed by atoms with Gasteiger partial charge < -0.3 is 25.2 Å². The number of benzene rings is 3. The second-order valence-electron chi connectivity index (χ2n) is 14.1. The lowest BCUT2D eigenvalue weighted by molar-refractivity contribution is 0.272. The van der Waals surface area contributed by atoms with Crippen molar-refractivity contribution in [1.29, 1.82) is 0 Å². The molecular formula is C39H40ClF3N6O3. The Balaban J connectivity index is 0.000000372. The molecule has 0 amide bonds. The fourth-order valence-corrected chi connectivity index (χ4v) is 9.20. The molecule has 2 saturated heterocycles. The Labute approximate surface area is 304 Å². The van der Waals surface area contributed by atoms with Gasteiger partial charge in [-0.25, -0.2) is 18.2 Å². The van der Waals surface area contributed by atoms with E-state index in [1.54, 1.807) is 12.3 Å². The van der Waals surface area contributed by atoms with Crippen molar-refractivity contribution in [1.82, 2.24) is 19.9 Å². The summed E-state index contributed by atoms with van der Waals surface area (Å²) in [5, 5.41) is 11.9. The van der Waals surface area contributed by atoms with Crippen LogP contribution in [0.25, 0.3) is 32.8 Å². The molecule has 0 saturated carbocycles. The molecular weight excluding hydrogens is 693 g/mol. The summed E-state index contributed by atoms with van der Waals surface area (Å²) >= 11 is 7.05. The number of nitrogens with two attached hydrogens (primary N) is 1. The number of hydrogen-bond donors (Lipinski definition) is 2. The number of pyridine rings is 1. The van der Waals surface area contributed by atoms with E-state index in [1.165, 1.54) is 38.2 Å². The van der Waals surface area contributed by atoms with Gasteiger partial charge in [-0.3, -0.25) is 4.90 Å². The lowest BCUT2D eigenvalue weighted by Gasteiger charge is -2.32. The molecule has 9 nitrogen and oxygen atoms in total. The normalized spacial score (nSPS) is 22.2. The van der Waals surface area contributed by atoms with Crippen LogP contribution in [0.15, 0.2) is 36.5 Å². The molecule has 5 aromatic rings. The number of likely N-dealkylation sites (N-methyl/N-ethyl adjacent to an activating group) is 1. The van der Waals surface area contributed by atoms with Gasteiger partial charge in [0.1, 0.15) is 41.5 Å². The average molecular weight is 733 g/mol. The van der Waals surface area contributed by atoms with E-state index in [4.69, 9.17) is 26.8 Å². The molecule has 52 heavy (non-hydrogen) atoms. The Morgan fingerprint density at radius 3 is 2.73 bits per heavy atom. The number of nitrogens with zero attached hydrogens (tertiary/aromatic N) is 5. The third-order valence-electron chi connectivity index (χ3n) is 11.3. The maximum atomic E-state index is 16.9. The van der Waals surface area contributed by atoms with E-state index < -0.39 is 17.8 Å². The van der Waals surface area contributed by atoms with Gasteiger partial charge in [-0.2, -0.15) is 9.97 Å². The van der Waals surface area contributed by atoms with Crippen molar-refractivity contribution in [2.24, 2.45) is 0 Å². The first-order valence-corrected chi connectivity index (χ1v) is 18.1. The van der Waals surface area contributed by atoms with Crippen molar-refractivity contribution in [3.63, 3.8) is 0 Å². The third-order valence-corrected chi connectivity index (χ3v) is 11.6. The number of phenolic OH excluding ortho intramolecular Hbond substituents is 1. The molecule has 4 atom stereocenters. The Kier molecular flexibility index (Phi) is 8.93. The molecule has 3 aromatic carbocycles. The van der Waals surface area contributed by atoms with Gasteiger partial charge in [0, 0.05) is 42.9 Å². The third kappa shape index (κ3) is 5.62. The van der Waals surface area contributed by atoms with Crippen molar-refractivity contribution in [2.75, 3.05) is 44.5 Å². The Morgan fingerprint density at radius 1 is 1.13 bits per heavy atom. The number of hydrogen-bond acceptors (Lipinski definition) is 9. The monoisotopic (exact) mass is 732 g/mol. The van der Waals surface area contributed by atoms with E-state index in [0.29, 0.717) is 52.4 Å². The van der Waals surface area contributed by atoms with Gasteiger partial charge in [0.05, 0.1) is 23.6 Å². The van der Waals surface area contributed by atoms with Crippen LogP contribution in [-0.2, 0) is 12.8 Å². The van der Waals surface area contributed by atoms with Crippen molar-refractivity contribution in [3.8, 4) is 28.6 Å². The van der Waals surface area contributed by atoms with Crippen LogP contribution in [0.3, 0.4) is 0 Å². The highest BCUT2D eigenvalue weighted by Gasteiger charge is 2.40. The van der Waals surface area contributed by atoms with Crippen LogP contribution in [0.1, 0.15) is 55.2 Å². The highest BCUT2D eigenvalue weighted by atomic mass is 35.5. The maximum Gasteiger partial charge on any atom is 0.318 e. The van der Waals surface area contributed by atoms with Gasteiger partial charge >= 0.3 is 6.01 Å². The summed E-state index contributed by atoms with van der Waals surface area (Å²) < 4.78 is 56.4. The number of methoxy groups -OCH3 is 1. The van der Waals surface area contributed by atoms with E-state index in [1.807, 2.05) is 24.9 Å². The molecule has 2 fully saturated rings. The first-order valence-electron chi connectivity index (χ1n) is 17.8. The second-order valence-corrected chi connectivity index (χ2v) is 14.5. The lowest BCUT2D eigenvalue weighted by atomic mass is 9.91. The average Bonchev–Trinajstić information content (AvgIpc) is 3.83. The zero-order chi connectivity index (χ0) is 36.4.